The van der Waals surface area contributed by atoms with Crippen molar-refractivity contribution in [2.24, 2.45) is 0 Å². The van der Waals surface area contributed by atoms with Gasteiger partial charge in [0.15, 0.2) is 5.82 Å². The summed E-state index contributed by atoms with van der Waals surface area (Å²) in [5.74, 6) is 1.06. The first kappa shape index (κ1) is 19.8. The molecule has 0 amide bonds. The summed E-state index contributed by atoms with van der Waals surface area (Å²) in [5.41, 5.74) is 0.775. The molecule has 0 spiro atoms. The fourth-order valence-corrected chi connectivity index (χ4v) is 3.64. The summed E-state index contributed by atoms with van der Waals surface area (Å²) in [6.07, 6.45) is 0.753. The van der Waals surface area contributed by atoms with E-state index in [1.165, 1.54) is 7.11 Å². The normalized spacial score (nSPS) is 18.2. The van der Waals surface area contributed by atoms with Crippen molar-refractivity contribution in [3.05, 3.63) is 46.6 Å². The number of rotatable bonds is 6. The van der Waals surface area contributed by atoms with Crippen LogP contribution < -0.4 is 0 Å². The van der Waals surface area contributed by atoms with Crippen LogP contribution >= 0.6 is 11.6 Å². The Labute approximate surface area is 164 Å². The molecule has 1 aromatic carbocycles. The molecule has 8 heteroatoms. The predicted molar refractivity (Wildman–Crippen MR) is 101 cm³/mol. The molecule has 1 fully saturated rings. The zero-order valence-corrected chi connectivity index (χ0v) is 16.6. The zero-order valence-electron chi connectivity index (χ0n) is 15.9. The molecule has 2 atom stereocenters. The second-order valence-corrected chi connectivity index (χ2v) is 7.00. The van der Waals surface area contributed by atoms with Crippen LogP contribution in [-0.4, -0.2) is 59.2 Å². The number of hydrogen-bond acceptors (Lipinski definition) is 7. The van der Waals surface area contributed by atoms with E-state index >= 15 is 0 Å². The maximum Gasteiger partial charge on any atom is 0.327 e. The van der Waals surface area contributed by atoms with Crippen LogP contribution in [0.5, 0.6) is 0 Å². The van der Waals surface area contributed by atoms with E-state index in [-0.39, 0.29) is 12.0 Å². The van der Waals surface area contributed by atoms with Crippen LogP contribution in [0, 0.1) is 0 Å². The highest BCUT2D eigenvalue weighted by atomic mass is 35.5. The Bertz CT molecular complexity index is 774. The van der Waals surface area contributed by atoms with Gasteiger partial charge in [-0.3, -0.25) is 9.80 Å². The number of carbonyl (C=O) groups is 1. The minimum Gasteiger partial charge on any atom is -0.468 e. The number of carbonyl (C=O) groups excluding carboxylic acids is 1. The number of benzene rings is 1. The lowest BCUT2D eigenvalue weighted by Gasteiger charge is -2.39. The van der Waals surface area contributed by atoms with Crippen LogP contribution in [0.25, 0.3) is 0 Å². The Balaban J connectivity index is 1.70. The summed E-state index contributed by atoms with van der Waals surface area (Å²) in [6, 6.07) is 6.95. The lowest BCUT2D eigenvalue weighted by molar-refractivity contribution is -0.148. The van der Waals surface area contributed by atoms with Crippen molar-refractivity contribution < 1.29 is 14.1 Å². The van der Waals surface area contributed by atoms with Crippen molar-refractivity contribution in [3.63, 3.8) is 0 Å². The van der Waals surface area contributed by atoms with Crippen molar-refractivity contribution in [2.75, 3.05) is 33.3 Å². The SMILES string of the molecule is CCc1noc(C(C)N2CCN(C(C(=O)OC)c3ccccc3Cl)CC2)n1. The number of hydrogen-bond donors (Lipinski definition) is 0. The lowest BCUT2D eigenvalue weighted by atomic mass is 10.0. The molecule has 1 aliphatic rings. The number of esters is 1. The first-order chi connectivity index (χ1) is 13.0. The van der Waals surface area contributed by atoms with Crippen LogP contribution in [0.3, 0.4) is 0 Å². The van der Waals surface area contributed by atoms with Gasteiger partial charge in [0.2, 0.25) is 5.89 Å². The standard InChI is InChI=1S/C19H25ClN4O3/c1-4-16-21-18(27-22-16)13(2)23-9-11-24(12-10-23)17(19(25)26-3)14-7-5-6-8-15(14)20/h5-8,13,17H,4,9-12H2,1-3H3. The molecule has 0 radical (unpaired) electrons. The Hall–Kier alpha value is -1.96. The first-order valence-electron chi connectivity index (χ1n) is 9.18. The highest BCUT2D eigenvalue weighted by Crippen LogP contribution is 2.30. The molecule has 0 saturated carbocycles. The Morgan fingerprint density at radius 2 is 1.93 bits per heavy atom. The van der Waals surface area contributed by atoms with Crippen molar-refractivity contribution >= 4 is 17.6 Å². The van der Waals surface area contributed by atoms with Gasteiger partial charge in [0.25, 0.3) is 0 Å². The average Bonchev–Trinajstić information content (AvgIpc) is 3.18. The monoisotopic (exact) mass is 392 g/mol. The molecular formula is C19H25ClN4O3. The van der Waals surface area contributed by atoms with Gasteiger partial charge in [0.05, 0.1) is 13.2 Å². The molecule has 2 aromatic rings. The van der Waals surface area contributed by atoms with E-state index < -0.39 is 6.04 Å². The predicted octanol–water partition coefficient (Wildman–Crippen LogP) is 2.88. The summed E-state index contributed by atoms with van der Waals surface area (Å²) < 4.78 is 10.4. The van der Waals surface area contributed by atoms with Gasteiger partial charge in [0, 0.05) is 37.6 Å². The molecule has 0 bridgehead atoms. The summed E-state index contributed by atoms with van der Waals surface area (Å²) >= 11 is 6.34. The molecule has 0 N–H and O–H groups in total. The third kappa shape index (κ3) is 4.31. The van der Waals surface area contributed by atoms with Crippen LogP contribution in [0.1, 0.15) is 43.2 Å². The molecule has 1 aromatic heterocycles. The van der Waals surface area contributed by atoms with Gasteiger partial charge in [0.1, 0.15) is 6.04 Å². The van der Waals surface area contributed by atoms with Gasteiger partial charge in [-0.2, -0.15) is 4.98 Å². The van der Waals surface area contributed by atoms with Crippen LogP contribution in [-0.2, 0) is 16.0 Å². The number of halogens is 1. The third-order valence-corrected chi connectivity index (χ3v) is 5.39. The van der Waals surface area contributed by atoms with E-state index in [1.807, 2.05) is 25.1 Å². The minimum absolute atomic E-state index is 0.0387. The van der Waals surface area contributed by atoms with Gasteiger partial charge < -0.3 is 9.26 Å². The molecule has 27 heavy (non-hydrogen) atoms. The highest BCUT2D eigenvalue weighted by molar-refractivity contribution is 6.31. The largest absolute Gasteiger partial charge is 0.468 e. The zero-order chi connectivity index (χ0) is 19.4. The van der Waals surface area contributed by atoms with Crippen LogP contribution in [0.15, 0.2) is 28.8 Å². The van der Waals surface area contributed by atoms with E-state index in [0.717, 1.165) is 30.9 Å². The van der Waals surface area contributed by atoms with Gasteiger partial charge in [-0.15, -0.1) is 0 Å². The van der Waals surface area contributed by atoms with Crippen molar-refractivity contribution in [2.45, 2.75) is 32.4 Å². The molecule has 146 valence electrons. The maximum atomic E-state index is 12.5. The van der Waals surface area contributed by atoms with Crippen LogP contribution in [0.4, 0.5) is 0 Å². The Kier molecular flexibility index (Phi) is 6.46. The van der Waals surface area contributed by atoms with Crippen molar-refractivity contribution in [1.29, 1.82) is 0 Å². The molecule has 3 rings (SSSR count). The van der Waals surface area contributed by atoms with E-state index in [4.69, 9.17) is 20.9 Å². The molecule has 7 nitrogen and oxygen atoms in total. The number of ether oxygens (including phenoxy) is 1. The van der Waals surface area contributed by atoms with E-state index in [2.05, 4.69) is 26.9 Å². The molecule has 2 unspecified atom stereocenters. The summed E-state index contributed by atoms with van der Waals surface area (Å²) in [5, 5.41) is 4.55. The summed E-state index contributed by atoms with van der Waals surface area (Å²) in [7, 11) is 1.41. The van der Waals surface area contributed by atoms with E-state index in [1.54, 1.807) is 6.07 Å². The number of nitrogens with zero attached hydrogens (tertiary/aromatic N) is 4. The minimum atomic E-state index is -0.503. The average molecular weight is 393 g/mol. The van der Waals surface area contributed by atoms with Gasteiger partial charge in [-0.25, -0.2) is 4.79 Å². The van der Waals surface area contributed by atoms with Gasteiger partial charge in [-0.1, -0.05) is 41.9 Å². The highest BCUT2D eigenvalue weighted by Gasteiger charge is 2.34. The first-order valence-corrected chi connectivity index (χ1v) is 9.55. The Morgan fingerprint density at radius 3 is 2.52 bits per heavy atom. The number of methoxy groups -OCH3 is 1. The summed E-state index contributed by atoms with van der Waals surface area (Å²) in [6.45, 7) is 7.05. The lowest BCUT2D eigenvalue weighted by Crippen LogP contribution is -2.50. The molecular weight excluding hydrogens is 368 g/mol. The topological polar surface area (TPSA) is 71.7 Å². The van der Waals surface area contributed by atoms with E-state index in [0.29, 0.717) is 24.0 Å². The van der Waals surface area contributed by atoms with Crippen molar-refractivity contribution in [1.82, 2.24) is 19.9 Å². The number of piperazine rings is 1. The smallest absolute Gasteiger partial charge is 0.327 e. The van der Waals surface area contributed by atoms with Crippen LogP contribution in [0.2, 0.25) is 5.02 Å². The second-order valence-electron chi connectivity index (χ2n) is 6.60. The Morgan fingerprint density at radius 1 is 1.26 bits per heavy atom. The fraction of sp³-hybridized carbons (Fsp3) is 0.526. The third-order valence-electron chi connectivity index (χ3n) is 5.04. The van der Waals surface area contributed by atoms with Gasteiger partial charge >= 0.3 is 5.97 Å². The maximum absolute atomic E-state index is 12.5. The van der Waals surface area contributed by atoms with Crippen molar-refractivity contribution in [3.8, 4) is 0 Å². The fourth-order valence-electron chi connectivity index (χ4n) is 3.40. The second kappa shape index (κ2) is 8.82. The quantitative estimate of drug-likeness (QED) is 0.700. The molecule has 0 aliphatic carbocycles. The molecule has 1 saturated heterocycles. The van der Waals surface area contributed by atoms with Gasteiger partial charge in [-0.05, 0) is 18.6 Å². The summed E-state index contributed by atoms with van der Waals surface area (Å²) in [4.78, 5) is 21.3. The number of aromatic nitrogens is 2. The van der Waals surface area contributed by atoms with E-state index in [9.17, 15) is 4.79 Å². The molecule has 1 aliphatic heterocycles. The number of aryl methyl sites for hydroxylation is 1. The molecule has 2 heterocycles.